The van der Waals surface area contributed by atoms with E-state index in [1.807, 2.05) is 50.2 Å². The number of nitrogen functional groups attached to an aromatic ring is 1. The van der Waals surface area contributed by atoms with Crippen molar-refractivity contribution in [3.05, 3.63) is 47.5 Å². The molecule has 6 heteroatoms. The summed E-state index contributed by atoms with van der Waals surface area (Å²) in [5, 5.41) is 0.453. The summed E-state index contributed by atoms with van der Waals surface area (Å²) in [5.74, 6) is 1.11. The Bertz CT molecular complexity index is 873. The maximum Gasteiger partial charge on any atom is 0.197 e. The number of nitrogens with one attached hydrogen (secondary N) is 1. The Kier molecular flexibility index (Phi) is 4.34. The Morgan fingerprint density at radius 3 is 2.87 bits per heavy atom. The van der Waals surface area contributed by atoms with Gasteiger partial charge in [0.25, 0.3) is 0 Å². The molecular weight excluding hydrogens is 310 g/mol. The SMILES string of the molecule is CCOc1ccc2nc(S(=O)Cc3cc(C)ccc3N)[nH]c2c1. The van der Waals surface area contributed by atoms with Crippen molar-refractivity contribution in [3.8, 4) is 5.75 Å². The van der Waals surface area contributed by atoms with Gasteiger partial charge in [0, 0.05) is 11.8 Å². The van der Waals surface area contributed by atoms with Crippen LogP contribution in [-0.2, 0) is 16.6 Å². The van der Waals surface area contributed by atoms with Gasteiger partial charge in [-0.15, -0.1) is 0 Å². The van der Waals surface area contributed by atoms with Gasteiger partial charge < -0.3 is 15.5 Å². The first-order chi connectivity index (χ1) is 11.1. The average molecular weight is 329 g/mol. The fraction of sp³-hybridized carbons (Fsp3) is 0.235. The van der Waals surface area contributed by atoms with E-state index in [0.717, 1.165) is 27.9 Å². The number of imidazole rings is 1. The zero-order chi connectivity index (χ0) is 16.4. The van der Waals surface area contributed by atoms with Gasteiger partial charge in [-0.1, -0.05) is 17.7 Å². The highest BCUT2D eigenvalue weighted by Gasteiger charge is 2.13. The van der Waals surface area contributed by atoms with E-state index in [2.05, 4.69) is 9.97 Å². The second-order valence-electron chi connectivity index (χ2n) is 5.35. The molecule has 3 aromatic rings. The first-order valence-corrected chi connectivity index (χ1v) is 8.74. The monoisotopic (exact) mass is 329 g/mol. The molecule has 23 heavy (non-hydrogen) atoms. The molecule has 1 heterocycles. The molecule has 0 fully saturated rings. The first kappa shape index (κ1) is 15.6. The molecule has 1 atom stereocenters. The molecule has 0 amide bonds. The van der Waals surface area contributed by atoms with Crippen LogP contribution in [0.1, 0.15) is 18.1 Å². The minimum absolute atomic E-state index is 0.339. The molecule has 120 valence electrons. The standard InChI is InChI=1S/C17H19N3O2S/c1-3-22-13-5-7-15-16(9-13)20-17(19-15)23(21)10-12-8-11(2)4-6-14(12)18/h4-9H,3,10,18H2,1-2H3,(H,19,20). The molecule has 3 N–H and O–H groups in total. The number of aromatic amines is 1. The predicted molar refractivity (Wildman–Crippen MR) is 93.0 cm³/mol. The summed E-state index contributed by atoms with van der Waals surface area (Å²) in [4.78, 5) is 7.53. The van der Waals surface area contributed by atoms with Gasteiger partial charge in [0.2, 0.25) is 0 Å². The summed E-state index contributed by atoms with van der Waals surface area (Å²) >= 11 is 0. The fourth-order valence-corrected chi connectivity index (χ4v) is 3.49. The van der Waals surface area contributed by atoms with Crippen LogP contribution in [0, 0.1) is 6.92 Å². The van der Waals surface area contributed by atoms with Crippen LogP contribution >= 0.6 is 0 Å². The maximum absolute atomic E-state index is 12.6. The Labute approximate surface area is 137 Å². The number of hydrogen-bond donors (Lipinski definition) is 2. The Morgan fingerprint density at radius 1 is 1.26 bits per heavy atom. The van der Waals surface area contributed by atoms with Crippen LogP contribution in [0.4, 0.5) is 5.69 Å². The quantitative estimate of drug-likeness (QED) is 0.705. The number of fused-ring (bicyclic) bond motifs is 1. The van der Waals surface area contributed by atoms with Crippen molar-refractivity contribution in [2.75, 3.05) is 12.3 Å². The highest BCUT2D eigenvalue weighted by molar-refractivity contribution is 7.84. The lowest BCUT2D eigenvalue weighted by Gasteiger charge is -2.05. The van der Waals surface area contributed by atoms with Crippen LogP contribution in [0.2, 0.25) is 0 Å². The van der Waals surface area contributed by atoms with E-state index >= 15 is 0 Å². The molecule has 2 aromatic carbocycles. The summed E-state index contributed by atoms with van der Waals surface area (Å²) in [6.07, 6.45) is 0. The fourth-order valence-electron chi connectivity index (χ4n) is 2.40. The third kappa shape index (κ3) is 3.37. The molecule has 0 aliphatic rings. The topological polar surface area (TPSA) is 81.0 Å². The summed E-state index contributed by atoms with van der Waals surface area (Å²) in [7, 11) is -1.28. The van der Waals surface area contributed by atoms with Gasteiger partial charge in [-0.25, -0.2) is 4.98 Å². The van der Waals surface area contributed by atoms with Gasteiger partial charge in [0.1, 0.15) is 5.75 Å². The number of H-pyrrole nitrogens is 1. The van der Waals surface area contributed by atoms with E-state index in [0.29, 0.717) is 23.2 Å². The summed E-state index contributed by atoms with van der Waals surface area (Å²) in [5.41, 5.74) is 10.2. The van der Waals surface area contributed by atoms with Gasteiger partial charge in [0.15, 0.2) is 5.16 Å². The molecule has 1 unspecified atom stereocenters. The van der Waals surface area contributed by atoms with Crippen molar-refractivity contribution in [2.45, 2.75) is 24.8 Å². The smallest absolute Gasteiger partial charge is 0.197 e. The number of rotatable bonds is 5. The van der Waals surface area contributed by atoms with Crippen molar-refractivity contribution >= 4 is 27.5 Å². The number of benzene rings is 2. The summed E-state index contributed by atoms with van der Waals surface area (Å²) in [6, 6.07) is 11.3. The van der Waals surface area contributed by atoms with E-state index in [1.54, 1.807) is 0 Å². The molecule has 3 rings (SSSR count). The number of hydrogen-bond acceptors (Lipinski definition) is 4. The molecule has 0 saturated carbocycles. The molecule has 0 aliphatic heterocycles. The first-order valence-electron chi connectivity index (χ1n) is 7.42. The van der Waals surface area contributed by atoms with Gasteiger partial charge in [-0.3, -0.25) is 4.21 Å². The van der Waals surface area contributed by atoms with E-state index in [1.165, 1.54) is 0 Å². The average Bonchev–Trinajstić information content (AvgIpc) is 2.94. The molecule has 0 bridgehead atoms. The molecule has 0 aliphatic carbocycles. The van der Waals surface area contributed by atoms with E-state index in [9.17, 15) is 4.21 Å². The number of nitrogens with two attached hydrogens (primary N) is 1. The number of nitrogens with zero attached hydrogens (tertiary/aromatic N) is 1. The normalized spacial score (nSPS) is 12.4. The second kappa shape index (κ2) is 6.42. The van der Waals surface area contributed by atoms with Gasteiger partial charge in [-0.2, -0.15) is 0 Å². The minimum atomic E-state index is -1.28. The van der Waals surface area contributed by atoms with Gasteiger partial charge in [-0.05, 0) is 37.6 Å². The highest BCUT2D eigenvalue weighted by atomic mass is 32.2. The van der Waals surface area contributed by atoms with Crippen molar-refractivity contribution in [3.63, 3.8) is 0 Å². The van der Waals surface area contributed by atoms with Gasteiger partial charge >= 0.3 is 0 Å². The van der Waals surface area contributed by atoms with E-state index < -0.39 is 10.8 Å². The number of aryl methyl sites for hydroxylation is 1. The Balaban J connectivity index is 1.87. The van der Waals surface area contributed by atoms with Crippen molar-refractivity contribution in [2.24, 2.45) is 0 Å². The number of anilines is 1. The zero-order valence-corrected chi connectivity index (χ0v) is 13.9. The third-order valence-corrected chi connectivity index (χ3v) is 4.74. The maximum atomic E-state index is 12.6. The van der Waals surface area contributed by atoms with Crippen LogP contribution in [0.5, 0.6) is 5.75 Å². The van der Waals surface area contributed by atoms with Crippen molar-refractivity contribution < 1.29 is 8.95 Å². The van der Waals surface area contributed by atoms with Crippen molar-refractivity contribution in [1.82, 2.24) is 9.97 Å². The molecule has 0 radical (unpaired) electrons. The van der Waals surface area contributed by atoms with Crippen LogP contribution in [0.3, 0.4) is 0 Å². The highest BCUT2D eigenvalue weighted by Crippen LogP contribution is 2.22. The lowest BCUT2D eigenvalue weighted by molar-refractivity contribution is 0.340. The Morgan fingerprint density at radius 2 is 2.09 bits per heavy atom. The largest absolute Gasteiger partial charge is 0.494 e. The summed E-state index contributed by atoms with van der Waals surface area (Å²) < 4.78 is 18.1. The molecule has 5 nitrogen and oxygen atoms in total. The lowest BCUT2D eigenvalue weighted by atomic mass is 10.1. The zero-order valence-electron chi connectivity index (χ0n) is 13.1. The number of aromatic nitrogens is 2. The Hall–Kier alpha value is -2.34. The van der Waals surface area contributed by atoms with Crippen LogP contribution in [0.25, 0.3) is 11.0 Å². The molecule has 0 saturated heterocycles. The van der Waals surface area contributed by atoms with Crippen molar-refractivity contribution in [1.29, 1.82) is 0 Å². The van der Waals surface area contributed by atoms with E-state index in [-0.39, 0.29) is 0 Å². The third-order valence-electron chi connectivity index (χ3n) is 3.54. The number of ether oxygens (including phenoxy) is 1. The molecule has 0 spiro atoms. The van der Waals surface area contributed by atoms with E-state index in [4.69, 9.17) is 10.5 Å². The molecule has 1 aromatic heterocycles. The second-order valence-corrected chi connectivity index (χ2v) is 6.71. The predicted octanol–water partition coefficient (Wildman–Crippen LogP) is 3.16. The summed E-state index contributed by atoms with van der Waals surface area (Å²) in [6.45, 7) is 4.53. The van der Waals surface area contributed by atoms with Crippen LogP contribution < -0.4 is 10.5 Å². The lowest BCUT2D eigenvalue weighted by Crippen LogP contribution is -2.02. The van der Waals surface area contributed by atoms with Gasteiger partial charge in [0.05, 0.1) is 34.2 Å². The van der Waals surface area contributed by atoms with Crippen LogP contribution in [-0.4, -0.2) is 20.8 Å². The minimum Gasteiger partial charge on any atom is -0.494 e. The molecular formula is C17H19N3O2S. The van der Waals surface area contributed by atoms with Crippen LogP contribution in [0.15, 0.2) is 41.6 Å².